The molecular formula is C40H76NO8P. The van der Waals surface area contributed by atoms with Gasteiger partial charge in [0.15, 0.2) is 11.6 Å². The van der Waals surface area contributed by atoms with Crippen LogP contribution in [0.2, 0.25) is 0 Å². The Balaban J connectivity index is 5.16. The molecule has 0 bridgehead atoms. The Hall–Kier alpha value is -1.19. The van der Waals surface area contributed by atoms with E-state index < -0.39 is 37.7 Å². The van der Waals surface area contributed by atoms with Crippen LogP contribution in [0.5, 0.6) is 0 Å². The molecule has 0 radical (unpaired) electrons. The molecule has 0 saturated carbocycles. The van der Waals surface area contributed by atoms with E-state index in [0.29, 0.717) is 23.9 Å². The van der Waals surface area contributed by atoms with Crippen molar-refractivity contribution in [2.45, 2.75) is 180 Å². The first-order valence-electron chi connectivity index (χ1n) is 20.0. The molecule has 0 aromatic rings. The van der Waals surface area contributed by atoms with E-state index in [9.17, 15) is 29.3 Å². The van der Waals surface area contributed by atoms with Crippen LogP contribution in [0.4, 0.5) is 0 Å². The van der Waals surface area contributed by atoms with Gasteiger partial charge in [0.2, 0.25) is 5.60 Å². The summed E-state index contributed by atoms with van der Waals surface area (Å²) in [5.41, 5.74) is -2.73. The third-order valence-electron chi connectivity index (χ3n) is 9.07. The lowest BCUT2D eigenvalue weighted by Gasteiger charge is -2.39. The normalized spacial score (nSPS) is 14.5. The number of carbonyl (C=O) groups excluding carboxylic acids is 2. The van der Waals surface area contributed by atoms with Crippen molar-refractivity contribution in [2.24, 2.45) is 0 Å². The van der Waals surface area contributed by atoms with Gasteiger partial charge in [-0.3, -0.25) is 18.7 Å². The molecule has 2 N–H and O–H groups in total. The van der Waals surface area contributed by atoms with Gasteiger partial charge in [0.1, 0.15) is 19.3 Å². The summed E-state index contributed by atoms with van der Waals surface area (Å²) in [7, 11) is 0.395. The van der Waals surface area contributed by atoms with Crippen LogP contribution in [-0.4, -0.2) is 78.9 Å². The zero-order valence-electron chi connectivity index (χ0n) is 32.7. The summed E-state index contributed by atoms with van der Waals surface area (Å²) < 4.78 is 23.8. The Bertz CT molecular complexity index is 913. The maximum Gasteiger partial charge on any atom is 0.269 e. The molecule has 0 spiro atoms. The number of unbranched alkanes of at least 4 members (excludes halogenated alkanes) is 18. The molecule has 1 unspecified atom stereocenters. The fraction of sp³-hybridized carbons (Fsp3) is 0.850. The summed E-state index contributed by atoms with van der Waals surface area (Å²) in [6.07, 6.45) is 29.2. The van der Waals surface area contributed by atoms with E-state index in [4.69, 9.17) is 9.05 Å². The van der Waals surface area contributed by atoms with Gasteiger partial charge in [0, 0.05) is 12.8 Å². The summed E-state index contributed by atoms with van der Waals surface area (Å²) in [4.78, 5) is 40.4. The predicted molar refractivity (Wildman–Crippen MR) is 204 cm³/mol. The van der Waals surface area contributed by atoms with Gasteiger partial charge in [-0.05, 0) is 64.2 Å². The highest BCUT2D eigenvalue weighted by molar-refractivity contribution is 7.46. The molecule has 294 valence electrons. The monoisotopic (exact) mass is 730 g/mol. The van der Waals surface area contributed by atoms with Crippen molar-refractivity contribution in [2.75, 3.05) is 40.9 Å². The number of carbonyl (C=O) groups is 2. The maximum atomic E-state index is 13.7. The van der Waals surface area contributed by atoms with Crippen LogP contribution in [-0.2, 0) is 23.2 Å². The molecular weight excluding hydrogens is 653 g/mol. The number of hydrogen-bond acceptors (Lipinski definition) is 8. The summed E-state index contributed by atoms with van der Waals surface area (Å²) in [6, 6.07) is 0. The number of Topliss-reactive ketones (excluding diaryl/α,β-unsaturated/α-hetero) is 2. The minimum absolute atomic E-state index is 0.147. The number of likely N-dealkylation sites (N-methyl/N-ethyl adjacent to an activating group) is 1. The molecule has 2 atom stereocenters. The number of quaternary nitrogens is 1. The molecule has 0 aliphatic heterocycles. The second-order valence-electron chi connectivity index (χ2n) is 14.9. The fourth-order valence-electron chi connectivity index (χ4n) is 5.82. The number of phosphoric ester groups is 1. The molecule has 0 aliphatic carbocycles. The highest BCUT2D eigenvalue weighted by Crippen LogP contribution is 2.46. The molecule has 50 heavy (non-hydrogen) atoms. The number of allylic oxidation sites excluding steroid dienone is 4. The standard InChI is InChI=1S/C40H76NO8P/c1-6-8-10-12-14-16-18-20-22-24-26-28-30-32-37(43)40(39(45)36-42,49-50(46,47)48-35-34-41(3,4)5)38(44)33-31-29-27-25-23-21-19-17-15-13-11-9-7-2/h16-19,39,42,45H,6-15,20-36H2,1-5H3/b18-16-,19-17-/t39-/m0/s1. The average Bonchev–Trinajstić information content (AvgIpc) is 3.06. The number of nitrogens with zero attached hydrogens (tertiary/aromatic N) is 1. The first kappa shape index (κ1) is 48.8. The van der Waals surface area contributed by atoms with Gasteiger partial charge in [-0.25, -0.2) is 0 Å². The van der Waals surface area contributed by atoms with Crippen LogP contribution in [0.25, 0.3) is 0 Å². The summed E-state index contributed by atoms with van der Waals surface area (Å²) in [6.45, 7) is 3.53. The third-order valence-corrected chi connectivity index (χ3v) is 10.1. The number of hydrogen-bond donors (Lipinski definition) is 2. The predicted octanol–water partition coefficient (Wildman–Crippen LogP) is 8.94. The average molecular weight is 730 g/mol. The van der Waals surface area contributed by atoms with E-state index >= 15 is 0 Å². The molecule has 0 amide bonds. The smallest absolute Gasteiger partial charge is 0.269 e. The fourth-order valence-corrected chi connectivity index (χ4v) is 6.86. The Morgan fingerprint density at radius 3 is 1.40 bits per heavy atom. The lowest BCUT2D eigenvalue weighted by atomic mass is 9.82. The molecule has 0 heterocycles. The first-order valence-corrected chi connectivity index (χ1v) is 21.4. The third kappa shape index (κ3) is 24.9. The maximum absolute atomic E-state index is 13.7. The minimum atomic E-state index is -5.20. The lowest BCUT2D eigenvalue weighted by Crippen LogP contribution is -2.59. The van der Waals surface area contributed by atoms with E-state index in [1.165, 1.54) is 51.4 Å². The van der Waals surface area contributed by atoms with Crippen molar-refractivity contribution in [3.8, 4) is 0 Å². The summed E-state index contributed by atoms with van der Waals surface area (Å²) in [5, 5.41) is 20.8. The molecule has 0 fully saturated rings. The van der Waals surface area contributed by atoms with E-state index in [1.807, 2.05) is 21.1 Å². The van der Waals surface area contributed by atoms with Crippen molar-refractivity contribution in [1.82, 2.24) is 0 Å². The van der Waals surface area contributed by atoms with Crippen LogP contribution in [0, 0.1) is 0 Å². The molecule has 0 aromatic carbocycles. The van der Waals surface area contributed by atoms with E-state index in [1.54, 1.807) is 0 Å². The van der Waals surface area contributed by atoms with Gasteiger partial charge in [-0.2, -0.15) is 0 Å². The Kier molecular flexibility index (Phi) is 29.6. The SMILES string of the molecule is CCCCCC/C=C\CCCCCCCC(=O)C(OP(=O)([O-])OCC[N+](C)(C)C)(C(=O)CCCCCCC/C=C\CCCCCC)[C@@H](O)CO. The van der Waals surface area contributed by atoms with Crippen molar-refractivity contribution >= 4 is 19.4 Å². The van der Waals surface area contributed by atoms with Crippen LogP contribution in [0.3, 0.4) is 0 Å². The summed E-state index contributed by atoms with van der Waals surface area (Å²) >= 11 is 0. The molecule has 9 nitrogen and oxygen atoms in total. The Labute approximate surface area is 306 Å². The highest BCUT2D eigenvalue weighted by atomic mass is 31.2. The van der Waals surface area contributed by atoms with Gasteiger partial charge in [0.05, 0.1) is 27.7 Å². The van der Waals surface area contributed by atoms with Crippen molar-refractivity contribution < 1.29 is 42.8 Å². The minimum Gasteiger partial charge on any atom is -0.756 e. The van der Waals surface area contributed by atoms with Crippen molar-refractivity contribution in [3.05, 3.63) is 24.3 Å². The van der Waals surface area contributed by atoms with E-state index in [2.05, 4.69) is 38.2 Å². The van der Waals surface area contributed by atoms with Crippen LogP contribution >= 0.6 is 7.82 Å². The van der Waals surface area contributed by atoms with Crippen LogP contribution in [0.1, 0.15) is 168 Å². The van der Waals surface area contributed by atoms with Crippen LogP contribution < -0.4 is 4.89 Å². The zero-order chi connectivity index (χ0) is 37.6. The van der Waals surface area contributed by atoms with E-state index in [-0.39, 0.29) is 19.4 Å². The van der Waals surface area contributed by atoms with Crippen LogP contribution in [0.15, 0.2) is 24.3 Å². The van der Waals surface area contributed by atoms with E-state index in [0.717, 1.165) is 77.0 Å². The van der Waals surface area contributed by atoms with Gasteiger partial charge in [-0.15, -0.1) is 0 Å². The number of phosphoric acid groups is 1. The number of rotatable bonds is 36. The topological polar surface area (TPSA) is 133 Å². The highest BCUT2D eigenvalue weighted by Gasteiger charge is 2.53. The molecule has 0 aliphatic rings. The van der Waals surface area contributed by atoms with Crippen molar-refractivity contribution in [1.29, 1.82) is 0 Å². The quantitative estimate of drug-likeness (QED) is 0.0215. The van der Waals surface area contributed by atoms with Gasteiger partial charge in [0.25, 0.3) is 7.82 Å². The molecule has 0 saturated heterocycles. The van der Waals surface area contributed by atoms with Gasteiger partial charge >= 0.3 is 0 Å². The number of aliphatic hydroxyl groups excluding tert-OH is 2. The largest absolute Gasteiger partial charge is 0.756 e. The second-order valence-corrected chi connectivity index (χ2v) is 16.3. The lowest BCUT2D eigenvalue weighted by molar-refractivity contribution is -0.870. The Morgan fingerprint density at radius 2 is 1.04 bits per heavy atom. The summed E-state index contributed by atoms with van der Waals surface area (Å²) in [5.74, 6) is -1.66. The zero-order valence-corrected chi connectivity index (χ0v) is 33.6. The second kappa shape index (κ2) is 30.3. The number of ketones is 2. The van der Waals surface area contributed by atoms with Crippen molar-refractivity contribution in [3.63, 3.8) is 0 Å². The first-order chi connectivity index (χ1) is 23.9. The number of aliphatic hydroxyl groups is 2. The molecule has 0 rings (SSSR count). The Morgan fingerprint density at radius 1 is 0.680 bits per heavy atom. The molecule has 10 heteroatoms. The van der Waals surface area contributed by atoms with Gasteiger partial charge < -0.3 is 24.1 Å². The molecule has 0 aromatic heterocycles. The van der Waals surface area contributed by atoms with Gasteiger partial charge in [-0.1, -0.05) is 115 Å².